The molecule has 2 unspecified atom stereocenters. The summed E-state index contributed by atoms with van der Waals surface area (Å²) in [6.45, 7) is 5.08. The molecule has 1 fully saturated rings. The second-order valence-corrected chi connectivity index (χ2v) is 7.64. The van der Waals surface area contributed by atoms with E-state index in [1.54, 1.807) is 7.11 Å². The van der Waals surface area contributed by atoms with Crippen LogP contribution in [0.2, 0.25) is 0 Å². The molecule has 0 aromatic heterocycles. The van der Waals surface area contributed by atoms with Gasteiger partial charge in [-0.15, -0.1) is 0 Å². The van der Waals surface area contributed by atoms with Crippen molar-refractivity contribution in [2.24, 2.45) is 0 Å². The molecule has 1 saturated heterocycles. The fraction of sp³-hybridized carbons (Fsp3) is 0.478. The Balaban J connectivity index is 1.66. The molecule has 2 aliphatic rings. The van der Waals surface area contributed by atoms with Crippen molar-refractivity contribution in [3.8, 4) is 11.5 Å². The molecule has 1 spiro atoms. The summed E-state index contributed by atoms with van der Waals surface area (Å²) in [7, 11) is 1.69. The van der Waals surface area contributed by atoms with Gasteiger partial charge in [-0.25, -0.2) is 0 Å². The highest BCUT2D eigenvalue weighted by atomic mass is 16.7. The third-order valence-electron chi connectivity index (χ3n) is 5.51. The van der Waals surface area contributed by atoms with Gasteiger partial charge in [0.25, 0.3) is 0 Å². The minimum Gasteiger partial charge on any atom is -0.496 e. The highest BCUT2D eigenvalue weighted by Gasteiger charge is 2.47. The lowest BCUT2D eigenvalue weighted by molar-refractivity contribution is -0.295. The maximum absolute atomic E-state index is 10.3. The number of methoxy groups -OCH3 is 1. The van der Waals surface area contributed by atoms with Crippen LogP contribution >= 0.6 is 0 Å². The molecule has 0 aliphatic carbocycles. The number of hydrogen-bond acceptors (Lipinski definition) is 5. The smallest absolute Gasteiger partial charge is 0.198 e. The fourth-order valence-corrected chi connectivity index (χ4v) is 4.30. The highest BCUT2D eigenvalue weighted by molar-refractivity contribution is 5.48. The molecule has 0 bridgehead atoms. The van der Waals surface area contributed by atoms with Crippen LogP contribution < -0.4 is 9.47 Å². The number of fused-ring (bicyclic) bond motifs is 2. The molecule has 0 radical (unpaired) electrons. The van der Waals surface area contributed by atoms with Gasteiger partial charge in [-0.2, -0.15) is 0 Å². The van der Waals surface area contributed by atoms with Crippen molar-refractivity contribution in [2.45, 2.75) is 57.7 Å². The molecule has 0 saturated carbocycles. The van der Waals surface area contributed by atoms with E-state index >= 15 is 0 Å². The van der Waals surface area contributed by atoms with E-state index in [0.717, 1.165) is 34.6 Å². The minimum absolute atomic E-state index is 0.0497. The van der Waals surface area contributed by atoms with Crippen molar-refractivity contribution < 1.29 is 24.1 Å². The van der Waals surface area contributed by atoms with Crippen molar-refractivity contribution >= 4 is 0 Å². The second-order valence-electron chi connectivity index (χ2n) is 7.64. The Morgan fingerprint density at radius 3 is 2.68 bits per heavy atom. The highest BCUT2D eigenvalue weighted by Crippen LogP contribution is 2.47. The molecule has 150 valence electrons. The van der Waals surface area contributed by atoms with E-state index in [9.17, 15) is 5.11 Å². The molecule has 3 atom stereocenters. The van der Waals surface area contributed by atoms with Gasteiger partial charge in [0, 0.05) is 18.4 Å². The normalized spacial score (nSPS) is 26.3. The van der Waals surface area contributed by atoms with Crippen LogP contribution in [0.25, 0.3) is 0 Å². The van der Waals surface area contributed by atoms with Crippen LogP contribution in [0.15, 0.2) is 36.4 Å². The number of aliphatic hydroxyl groups excluding tert-OH is 1. The Morgan fingerprint density at radius 2 is 2.00 bits per heavy atom. The molecule has 5 nitrogen and oxygen atoms in total. The van der Waals surface area contributed by atoms with Gasteiger partial charge in [0.05, 0.1) is 32.5 Å². The quantitative estimate of drug-likeness (QED) is 0.847. The van der Waals surface area contributed by atoms with Crippen LogP contribution in [0, 0.1) is 0 Å². The Bertz CT molecular complexity index is 820. The third kappa shape index (κ3) is 3.62. The van der Waals surface area contributed by atoms with E-state index in [-0.39, 0.29) is 6.10 Å². The number of benzene rings is 2. The number of hydrogen-bond donors (Lipinski definition) is 1. The maximum Gasteiger partial charge on any atom is 0.198 e. The van der Waals surface area contributed by atoms with Crippen LogP contribution in [0.4, 0.5) is 0 Å². The predicted molar refractivity (Wildman–Crippen MR) is 106 cm³/mol. The molecule has 28 heavy (non-hydrogen) atoms. The third-order valence-corrected chi connectivity index (χ3v) is 5.51. The number of rotatable bonds is 5. The molecule has 2 aliphatic heterocycles. The second kappa shape index (κ2) is 7.74. The summed E-state index contributed by atoms with van der Waals surface area (Å²) in [4.78, 5) is 0. The monoisotopic (exact) mass is 384 g/mol. The molecule has 0 amide bonds. The molecular formula is C23H28O5. The average Bonchev–Trinajstić information content (AvgIpc) is 2.98. The molecule has 4 rings (SSSR count). The molecular weight excluding hydrogens is 356 g/mol. The zero-order valence-electron chi connectivity index (χ0n) is 16.7. The van der Waals surface area contributed by atoms with Gasteiger partial charge in [0.15, 0.2) is 5.79 Å². The van der Waals surface area contributed by atoms with Crippen LogP contribution in [-0.4, -0.2) is 31.0 Å². The standard InChI is InChI=1S/C23H28O5/c1-4-26-20-7-5-16(6-8-20)10-17-11-21-18(12-22(17)25-3)14-27-23(21)13-19(24)9-15(2)28-23/h5-8,11-12,15,19,24H,4,9-10,13-14H2,1-3H3/t15?,19?,23-/m1/s1. The van der Waals surface area contributed by atoms with Crippen molar-refractivity contribution in [3.63, 3.8) is 0 Å². The van der Waals surface area contributed by atoms with Gasteiger partial charge in [-0.3, -0.25) is 0 Å². The number of aliphatic hydroxyl groups is 1. The molecule has 5 heteroatoms. The van der Waals surface area contributed by atoms with Crippen molar-refractivity contribution in [3.05, 3.63) is 58.7 Å². The molecule has 2 aromatic carbocycles. The van der Waals surface area contributed by atoms with E-state index in [2.05, 4.69) is 18.2 Å². The Morgan fingerprint density at radius 1 is 1.21 bits per heavy atom. The molecule has 1 N–H and O–H groups in total. The first-order valence-electron chi connectivity index (χ1n) is 9.95. The van der Waals surface area contributed by atoms with Crippen molar-refractivity contribution in [1.82, 2.24) is 0 Å². The fourth-order valence-electron chi connectivity index (χ4n) is 4.30. The molecule has 2 heterocycles. The Hall–Kier alpha value is -2.08. The predicted octanol–water partition coefficient (Wildman–Crippen LogP) is 3.93. The summed E-state index contributed by atoms with van der Waals surface area (Å²) < 4.78 is 23.5. The maximum atomic E-state index is 10.3. The summed E-state index contributed by atoms with van der Waals surface area (Å²) in [5.41, 5.74) is 4.33. The first kappa shape index (κ1) is 19.2. The van der Waals surface area contributed by atoms with E-state index in [1.165, 1.54) is 5.56 Å². The summed E-state index contributed by atoms with van der Waals surface area (Å²) in [5.74, 6) is 0.863. The van der Waals surface area contributed by atoms with Crippen molar-refractivity contribution in [1.29, 1.82) is 0 Å². The van der Waals surface area contributed by atoms with Gasteiger partial charge in [-0.05, 0) is 61.2 Å². The van der Waals surface area contributed by atoms with Gasteiger partial charge in [-0.1, -0.05) is 12.1 Å². The van der Waals surface area contributed by atoms with Crippen molar-refractivity contribution in [2.75, 3.05) is 13.7 Å². The van der Waals surface area contributed by atoms with Crippen LogP contribution in [0.3, 0.4) is 0 Å². The first-order chi connectivity index (χ1) is 13.5. The number of ether oxygens (including phenoxy) is 4. The van der Waals surface area contributed by atoms with Crippen LogP contribution in [0.1, 0.15) is 48.9 Å². The first-order valence-corrected chi connectivity index (χ1v) is 9.95. The van der Waals surface area contributed by atoms with Gasteiger partial charge >= 0.3 is 0 Å². The van der Waals surface area contributed by atoms with Gasteiger partial charge < -0.3 is 24.1 Å². The van der Waals surface area contributed by atoms with Crippen LogP contribution in [0.5, 0.6) is 11.5 Å². The van der Waals surface area contributed by atoms with E-state index in [0.29, 0.717) is 26.1 Å². The summed E-state index contributed by atoms with van der Waals surface area (Å²) in [6, 6.07) is 12.3. The Labute approximate surface area is 166 Å². The molecule has 2 aromatic rings. The van der Waals surface area contributed by atoms with E-state index in [4.69, 9.17) is 18.9 Å². The SMILES string of the molecule is CCOc1ccc(Cc2cc3c(cc2OC)CO[C@@]32CC(O)CC(C)O2)cc1. The topological polar surface area (TPSA) is 57.2 Å². The largest absolute Gasteiger partial charge is 0.496 e. The zero-order valence-corrected chi connectivity index (χ0v) is 16.7. The summed E-state index contributed by atoms with van der Waals surface area (Å²) in [5, 5.41) is 10.3. The van der Waals surface area contributed by atoms with Crippen LogP contribution in [-0.2, 0) is 28.3 Å². The lowest BCUT2D eigenvalue weighted by atomic mass is 9.89. The zero-order chi connectivity index (χ0) is 19.7. The summed E-state index contributed by atoms with van der Waals surface area (Å²) >= 11 is 0. The average molecular weight is 384 g/mol. The minimum atomic E-state index is -0.855. The lowest BCUT2D eigenvalue weighted by Crippen LogP contribution is -2.43. The van der Waals surface area contributed by atoms with E-state index < -0.39 is 11.9 Å². The van der Waals surface area contributed by atoms with Gasteiger partial charge in [0.2, 0.25) is 0 Å². The van der Waals surface area contributed by atoms with E-state index in [1.807, 2.05) is 32.0 Å². The summed E-state index contributed by atoms with van der Waals surface area (Å²) in [6.07, 6.45) is 1.35. The lowest BCUT2D eigenvalue weighted by Gasteiger charge is -2.39. The Kier molecular flexibility index (Phi) is 5.32. The van der Waals surface area contributed by atoms with Gasteiger partial charge in [0.1, 0.15) is 11.5 Å².